The highest BCUT2D eigenvalue weighted by Crippen LogP contribution is 2.24. The lowest BCUT2D eigenvalue weighted by atomic mass is 10.1. The van der Waals surface area contributed by atoms with E-state index in [1.54, 1.807) is 0 Å². The number of hydrogen-bond acceptors (Lipinski definition) is 5. The molecule has 1 saturated heterocycles. The quantitative estimate of drug-likeness (QED) is 0.657. The van der Waals surface area contributed by atoms with E-state index in [0.717, 1.165) is 75.0 Å². The average molecular weight is 397 g/mol. The summed E-state index contributed by atoms with van der Waals surface area (Å²) in [6.45, 7) is 8.87. The molecule has 2 aromatic rings. The second-order valence-corrected chi connectivity index (χ2v) is 7.30. The van der Waals surface area contributed by atoms with Crippen molar-refractivity contribution in [1.29, 1.82) is 0 Å². The van der Waals surface area contributed by atoms with Crippen molar-refractivity contribution in [2.75, 3.05) is 49.5 Å². The smallest absolute Gasteiger partial charge is 0.227 e. The predicted octanol–water partition coefficient (Wildman–Crippen LogP) is 3.58. The number of unbranched alkanes of at least 4 members (excludes halogenated alkanes) is 1. The number of benzene rings is 1. The third-order valence-electron chi connectivity index (χ3n) is 5.13. The van der Waals surface area contributed by atoms with E-state index in [-0.39, 0.29) is 5.91 Å². The van der Waals surface area contributed by atoms with Crippen molar-refractivity contribution >= 4 is 17.4 Å². The summed E-state index contributed by atoms with van der Waals surface area (Å²) >= 11 is 0. The number of pyridine rings is 1. The summed E-state index contributed by atoms with van der Waals surface area (Å²) < 4.78 is 5.69. The fraction of sp³-hybridized carbons (Fsp3) is 0.478. The molecule has 0 bridgehead atoms. The number of ether oxygens (including phenoxy) is 1. The summed E-state index contributed by atoms with van der Waals surface area (Å²) in [4.78, 5) is 21.5. The van der Waals surface area contributed by atoms with Gasteiger partial charge in [-0.3, -0.25) is 4.79 Å². The zero-order valence-electron chi connectivity index (χ0n) is 17.6. The molecule has 0 atom stereocenters. The molecule has 156 valence electrons. The van der Waals surface area contributed by atoms with Gasteiger partial charge < -0.3 is 19.9 Å². The Morgan fingerprint density at radius 1 is 1.10 bits per heavy atom. The van der Waals surface area contributed by atoms with Gasteiger partial charge in [0.05, 0.1) is 18.7 Å². The summed E-state index contributed by atoms with van der Waals surface area (Å²) in [6.07, 6.45) is 4.43. The molecule has 6 heteroatoms. The van der Waals surface area contributed by atoms with Crippen LogP contribution in [0.2, 0.25) is 0 Å². The van der Waals surface area contributed by atoms with Gasteiger partial charge in [-0.25, -0.2) is 4.98 Å². The van der Waals surface area contributed by atoms with E-state index >= 15 is 0 Å². The van der Waals surface area contributed by atoms with Gasteiger partial charge in [0.1, 0.15) is 5.75 Å². The molecule has 1 aromatic carbocycles. The summed E-state index contributed by atoms with van der Waals surface area (Å²) in [7, 11) is 0. The Bertz CT molecular complexity index is 771. The van der Waals surface area contributed by atoms with Gasteiger partial charge in [0.15, 0.2) is 5.82 Å². The number of nitrogens with one attached hydrogen (secondary N) is 1. The van der Waals surface area contributed by atoms with Crippen LogP contribution in [0.1, 0.15) is 32.3 Å². The minimum absolute atomic E-state index is 0.178. The number of rotatable bonds is 9. The third kappa shape index (κ3) is 5.86. The predicted molar refractivity (Wildman–Crippen MR) is 118 cm³/mol. The molecule has 0 unspecified atom stereocenters. The summed E-state index contributed by atoms with van der Waals surface area (Å²) in [5, 5.41) is 3.37. The summed E-state index contributed by atoms with van der Waals surface area (Å²) in [5.41, 5.74) is 2.08. The maximum absolute atomic E-state index is 12.7. The largest absolute Gasteiger partial charge is 0.494 e. The van der Waals surface area contributed by atoms with Gasteiger partial charge in [-0.1, -0.05) is 25.5 Å². The Hall–Kier alpha value is -2.76. The lowest BCUT2D eigenvalue weighted by Crippen LogP contribution is -2.49. The number of anilines is 2. The topological polar surface area (TPSA) is 57.7 Å². The second-order valence-electron chi connectivity index (χ2n) is 7.30. The van der Waals surface area contributed by atoms with Gasteiger partial charge in [0, 0.05) is 38.9 Å². The Labute approximate surface area is 173 Å². The Kier molecular flexibility index (Phi) is 7.73. The monoisotopic (exact) mass is 396 g/mol. The first kappa shape index (κ1) is 21.0. The number of carbonyl (C=O) groups is 1. The number of carbonyl (C=O) groups excluding carboxylic acids is 1. The molecular weight excluding hydrogens is 364 g/mol. The van der Waals surface area contributed by atoms with Crippen molar-refractivity contribution in [3.8, 4) is 5.75 Å². The SMILES string of the molecule is CCCCOc1ccc(CC(=O)N2CCN(c3ncccc3NCC)CC2)cc1. The van der Waals surface area contributed by atoms with E-state index in [2.05, 4.69) is 35.1 Å². The average Bonchev–Trinajstić information content (AvgIpc) is 2.76. The van der Waals surface area contributed by atoms with Crippen molar-refractivity contribution in [3.63, 3.8) is 0 Å². The van der Waals surface area contributed by atoms with Crippen molar-refractivity contribution < 1.29 is 9.53 Å². The summed E-state index contributed by atoms with van der Waals surface area (Å²) in [6, 6.07) is 11.9. The zero-order valence-corrected chi connectivity index (χ0v) is 17.6. The molecular formula is C23H32N4O2. The number of aromatic nitrogens is 1. The van der Waals surface area contributed by atoms with Crippen LogP contribution in [0.25, 0.3) is 0 Å². The molecule has 2 heterocycles. The maximum atomic E-state index is 12.7. The van der Waals surface area contributed by atoms with E-state index in [0.29, 0.717) is 6.42 Å². The Morgan fingerprint density at radius 3 is 2.55 bits per heavy atom. The highest BCUT2D eigenvalue weighted by molar-refractivity contribution is 5.79. The van der Waals surface area contributed by atoms with E-state index in [1.807, 2.05) is 41.4 Å². The number of piperazine rings is 1. The van der Waals surface area contributed by atoms with Crippen LogP contribution in [-0.4, -0.2) is 55.1 Å². The molecule has 3 rings (SSSR count). The van der Waals surface area contributed by atoms with E-state index in [1.165, 1.54) is 0 Å². The van der Waals surface area contributed by atoms with Gasteiger partial charge in [-0.05, 0) is 43.2 Å². The van der Waals surface area contributed by atoms with Crippen LogP contribution >= 0.6 is 0 Å². The van der Waals surface area contributed by atoms with Crippen molar-refractivity contribution in [2.45, 2.75) is 33.1 Å². The lowest BCUT2D eigenvalue weighted by molar-refractivity contribution is -0.130. The van der Waals surface area contributed by atoms with Crippen LogP contribution in [0.5, 0.6) is 5.75 Å². The molecule has 1 aliphatic heterocycles. The van der Waals surface area contributed by atoms with Crippen molar-refractivity contribution in [1.82, 2.24) is 9.88 Å². The normalized spacial score (nSPS) is 14.0. The molecule has 0 spiro atoms. The number of hydrogen-bond donors (Lipinski definition) is 1. The Balaban J connectivity index is 1.50. The first-order valence-electron chi connectivity index (χ1n) is 10.6. The van der Waals surface area contributed by atoms with Gasteiger partial charge in [0.2, 0.25) is 5.91 Å². The second kappa shape index (κ2) is 10.7. The van der Waals surface area contributed by atoms with E-state index in [4.69, 9.17) is 4.74 Å². The molecule has 0 aliphatic carbocycles. The molecule has 1 amide bonds. The first-order valence-corrected chi connectivity index (χ1v) is 10.6. The van der Waals surface area contributed by atoms with Crippen LogP contribution in [0.3, 0.4) is 0 Å². The molecule has 1 aromatic heterocycles. The molecule has 1 aliphatic rings. The Morgan fingerprint density at radius 2 is 1.86 bits per heavy atom. The van der Waals surface area contributed by atoms with Crippen LogP contribution in [0.4, 0.5) is 11.5 Å². The van der Waals surface area contributed by atoms with E-state index < -0.39 is 0 Å². The molecule has 6 nitrogen and oxygen atoms in total. The summed E-state index contributed by atoms with van der Waals surface area (Å²) in [5.74, 6) is 2.02. The van der Waals surface area contributed by atoms with Crippen LogP contribution in [0.15, 0.2) is 42.6 Å². The third-order valence-corrected chi connectivity index (χ3v) is 5.13. The molecule has 1 N–H and O–H groups in total. The highest BCUT2D eigenvalue weighted by Gasteiger charge is 2.23. The molecule has 1 fully saturated rings. The minimum Gasteiger partial charge on any atom is -0.494 e. The fourth-order valence-electron chi connectivity index (χ4n) is 3.47. The fourth-order valence-corrected chi connectivity index (χ4v) is 3.47. The van der Waals surface area contributed by atoms with Gasteiger partial charge >= 0.3 is 0 Å². The first-order chi connectivity index (χ1) is 14.2. The highest BCUT2D eigenvalue weighted by atomic mass is 16.5. The van der Waals surface area contributed by atoms with Gasteiger partial charge in [-0.15, -0.1) is 0 Å². The van der Waals surface area contributed by atoms with Crippen molar-refractivity contribution in [3.05, 3.63) is 48.2 Å². The van der Waals surface area contributed by atoms with Crippen LogP contribution < -0.4 is 15.0 Å². The van der Waals surface area contributed by atoms with Crippen molar-refractivity contribution in [2.24, 2.45) is 0 Å². The number of amides is 1. The standard InChI is InChI=1S/C23H32N4O2/c1-3-5-17-29-20-10-8-19(9-11-20)18-22(28)26-13-15-27(16-14-26)23-21(24-4-2)7-6-12-25-23/h6-12,24H,3-5,13-18H2,1-2H3. The lowest BCUT2D eigenvalue weighted by Gasteiger charge is -2.36. The van der Waals surface area contributed by atoms with Crippen LogP contribution in [-0.2, 0) is 11.2 Å². The maximum Gasteiger partial charge on any atom is 0.227 e. The van der Waals surface area contributed by atoms with E-state index in [9.17, 15) is 4.79 Å². The molecule has 0 radical (unpaired) electrons. The van der Waals surface area contributed by atoms with Gasteiger partial charge in [-0.2, -0.15) is 0 Å². The van der Waals surface area contributed by atoms with Gasteiger partial charge in [0.25, 0.3) is 0 Å². The zero-order chi connectivity index (χ0) is 20.5. The number of nitrogens with zero attached hydrogens (tertiary/aromatic N) is 3. The molecule has 29 heavy (non-hydrogen) atoms. The van der Waals surface area contributed by atoms with Crippen LogP contribution in [0, 0.1) is 0 Å². The minimum atomic E-state index is 0.178. The molecule has 0 saturated carbocycles.